The number of benzene rings is 1. The van der Waals surface area contributed by atoms with Crippen LogP contribution in [0.25, 0.3) is 0 Å². The number of aliphatic hydroxyl groups is 1. The SMILES string of the molecule is CCOC(=O)C(C)(C)C(O)c1ccc(F)c(F)c1. The largest absolute Gasteiger partial charge is 0.465 e. The second-order valence-electron chi connectivity index (χ2n) is 4.52. The summed E-state index contributed by atoms with van der Waals surface area (Å²) in [5.41, 5.74) is -1.10. The van der Waals surface area contributed by atoms with Crippen LogP contribution in [0.4, 0.5) is 8.78 Å². The van der Waals surface area contributed by atoms with Gasteiger partial charge in [0.25, 0.3) is 0 Å². The highest BCUT2D eigenvalue weighted by Gasteiger charge is 2.38. The Hall–Kier alpha value is -1.49. The third-order valence-electron chi connectivity index (χ3n) is 2.74. The lowest BCUT2D eigenvalue weighted by Gasteiger charge is -2.28. The van der Waals surface area contributed by atoms with Crippen molar-refractivity contribution in [3.8, 4) is 0 Å². The highest BCUT2D eigenvalue weighted by Crippen LogP contribution is 2.34. The van der Waals surface area contributed by atoms with E-state index in [1.807, 2.05) is 0 Å². The van der Waals surface area contributed by atoms with Crippen molar-refractivity contribution in [1.82, 2.24) is 0 Å². The summed E-state index contributed by atoms with van der Waals surface area (Å²) in [5.74, 6) is -2.66. The Balaban J connectivity index is 3.01. The number of hydrogen-bond donors (Lipinski definition) is 1. The molecule has 0 heterocycles. The van der Waals surface area contributed by atoms with E-state index in [1.54, 1.807) is 6.92 Å². The van der Waals surface area contributed by atoms with Gasteiger partial charge in [-0.2, -0.15) is 0 Å². The normalized spacial score (nSPS) is 13.2. The molecule has 0 saturated heterocycles. The molecule has 0 saturated carbocycles. The summed E-state index contributed by atoms with van der Waals surface area (Å²) in [5, 5.41) is 10.1. The number of rotatable bonds is 4. The Labute approximate surface area is 104 Å². The van der Waals surface area contributed by atoms with Crippen molar-refractivity contribution >= 4 is 5.97 Å². The molecule has 0 fully saturated rings. The number of carbonyl (C=O) groups is 1. The number of ether oxygens (including phenoxy) is 1. The first kappa shape index (κ1) is 14.6. The molecule has 0 aliphatic rings. The molecule has 0 amide bonds. The predicted octanol–water partition coefficient (Wildman–Crippen LogP) is 2.59. The van der Waals surface area contributed by atoms with Crippen molar-refractivity contribution in [2.45, 2.75) is 26.9 Å². The topological polar surface area (TPSA) is 46.5 Å². The zero-order valence-corrected chi connectivity index (χ0v) is 10.5. The van der Waals surface area contributed by atoms with Crippen LogP contribution in [0.15, 0.2) is 18.2 Å². The van der Waals surface area contributed by atoms with Crippen LogP contribution >= 0.6 is 0 Å². The van der Waals surface area contributed by atoms with Gasteiger partial charge in [0.05, 0.1) is 18.1 Å². The van der Waals surface area contributed by atoms with E-state index < -0.39 is 29.1 Å². The van der Waals surface area contributed by atoms with Gasteiger partial charge in [-0.1, -0.05) is 6.07 Å². The highest BCUT2D eigenvalue weighted by atomic mass is 19.2. The second-order valence-corrected chi connectivity index (χ2v) is 4.52. The Morgan fingerprint density at radius 3 is 2.50 bits per heavy atom. The molecule has 0 aliphatic heterocycles. The average Bonchev–Trinajstić information content (AvgIpc) is 2.32. The lowest BCUT2D eigenvalue weighted by atomic mass is 9.82. The van der Waals surface area contributed by atoms with Crippen molar-refractivity contribution in [3.63, 3.8) is 0 Å². The summed E-state index contributed by atoms with van der Waals surface area (Å²) in [4.78, 5) is 11.7. The third-order valence-corrected chi connectivity index (χ3v) is 2.74. The Morgan fingerprint density at radius 2 is 2.00 bits per heavy atom. The highest BCUT2D eigenvalue weighted by molar-refractivity contribution is 5.77. The molecule has 100 valence electrons. The minimum atomic E-state index is -1.27. The molecule has 5 heteroatoms. The molecule has 0 aromatic heterocycles. The maximum Gasteiger partial charge on any atom is 0.314 e. The fourth-order valence-corrected chi connectivity index (χ4v) is 1.53. The minimum Gasteiger partial charge on any atom is -0.465 e. The van der Waals surface area contributed by atoms with E-state index >= 15 is 0 Å². The zero-order chi connectivity index (χ0) is 13.9. The molecule has 3 nitrogen and oxygen atoms in total. The van der Waals surface area contributed by atoms with Crippen LogP contribution in [-0.4, -0.2) is 17.7 Å². The average molecular weight is 258 g/mol. The first-order valence-corrected chi connectivity index (χ1v) is 5.61. The Bertz CT molecular complexity index is 444. The van der Waals surface area contributed by atoms with E-state index in [0.717, 1.165) is 12.1 Å². The van der Waals surface area contributed by atoms with E-state index in [2.05, 4.69) is 0 Å². The summed E-state index contributed by atoms with van der Waals surface area (Å²) >= 11 is 0. The van der Waals surface area contributed by atoms with Gasteiger partial charge in [-0.05, 0) is 38.5 Å². The standard InChI is InChI=1S/C13H16F2O3/c1-4-18-12(17)13(2,3)11(16)8-5-6-9(14)10(15)7-8/h5-7,11,16H,4H2,1-3H3. The fourth-order valence-electron chi connectivity index (χ4n) is 1.53. The predicted molar refractivity (Wildman–Crippen MR) is 61.7 cm³/mol. The quantitative estimate of drug-likeness (QED) is 0.844. The maximum absolute atomic E-state index is 13.1. The van der Waals surface area contributed by atoms with Crippen LogP contribution in [-0.2, 0) is 9.53 Å². The van der Waals surface area contributed by atoms with Gasteiger partial charge in [0.15, 0.2) is 11.6 Å². The number of hydrogen-bond acceptors (Lipinski definition) is 3. The Morgan fingerprint density at radius 1 is 1.39 bits per heavy atom. The number of esters is 1. The van der Waals surface area contributed by atoms with Crippen molar-refractivity contribution in [2.24, 2.45) is 5.41 Å². The molecule has 1 rings (SSSR count). The van der Waals surface area contributed by atoms with Gasteiger partial charge in [-0.25, -0.2) is 8.78 Å². The number of carbonyl (C=O) groups excluding carboxylic acids is 1. The van der Waals surface area contributed by atoms with Gasteiger partial charge in [0, 0.05) is 0 Å². The van der Waals surface area contributed by atoms with Crippen LogP contribution < -0.4 is 0 Å². The van der Waals surface area contributed by atoms with Crippen molar-refractivity contribution in [2.75, 3.05) is 6.61 Å². The molecular formula is C13H16F2O3. The zero-order valence-electron chi connectivity index (χ0n) is 10.5. The van der Waals surface area contributed by atoms with E-state index in [9.17, 15) is 18.7 Å². The summed E-state index contributed by atoms with van der Waals surface area (Å²) in [7, 11) is 0. The molecule has 0 bridgehead atoms. The molecule has 1 aromatic carbocycles. The minimum absolute atomic E-state index is 0.131. The third kappa shape index (κ3) is 2.85. The summed E-state index contributed by atoms with van der Waals surface area (Å²) in [6.07, 6.45) is -1.27. The van der Waals surface area contributed by atoms with Crippen molar-refractivity contribution < 1.29 is 23.4 Å². The van der Waals surface area contributed by atoms with E-state index in [0.29, 0.717) is 0 Å². The molecule has 1 N–H and O–H groups in total. The first-order chi connectivity index (χ1) is 8.30. The van der Waals surface area contributed by atoms with Gasteiger partial charge in [-0.15, -0.1) is 0 Å². The number of aliphatic hydroxyl groups excluding tert-OH is 1. The molecular weight excluding hydrogens is 242 g/mol. The van der Waals surface area contributed by atoms with E-state index in [4.69, 9.17) is 4.74 Å². The van der Waals surface area contributed by atoms with E-state index in [1.165, 1.54) is 19.9 Å². The van der Waals surface area contributed by atoms with Gasteiger partial charge in [-0.3, -0.25) is 4.79 Å². The maximum atomic E-state index is 13.1. The fraction of sp³-hybridized carbons (Fsp3) is 0.462. The smallest absolute Gasteiger partial charge is 0.314 e. The van der Waals surface area contributed by atoms with E-state index in [-0.39, 0.29) is 12.2 Å². The summed E-state index contributed by atoms with van der Waals surface area (Å²) in [6.45, 7) is 4.80. The van der Waals surface area contributed by atoms with Crippen LogP contribution in [0.3, 0.4) is 0 Å². The lowest BCUT2D eigenvalue weighted by molar-refractivity contribution is -0.160. The van der Waals surface area contributed by atoms with Crippen LogP contribution in [0, 0.1) is 17.0 Å². The second kappa shape index (κ2) is 5.44. The van der Waals surface area contributed by atoms with Crippen LogP contribution in [0.2, 0.25) is 0 Å². The first-order valence-electron chi connectivity index (χ1n) is 5.61. The molecule has 1 unspecified atom stereocenters. The Kier molecular flexibility index (Phi) is 4.40. The van der Waals surface area contributed by atoms with Gasteiger partial charge in [0.2, 0.25) is 0 Å². The monoisotopic (exact) mass is 258 g/mol. The molecule has 1 atom stereocenters. The van der Waals surface area contributed by atoms with Crippen molar-refractivity contribution in [1.29, 1.82) is 0 Å². The molecule has 0 spiro atoms. The van der Waals surface area contributed by atoms with Gasteiger partial charge in [0.1, 0.15) is 0 Å². The lowest BCUT2D eigenvalue weighted by Crippen LogP contribution is -2.33. The summed E-state index contributed by atoms with van der Waals surface area (Å²) < 4.78 is 30.7. The van der Waals surface area contributed by atoms with Crippen molar-refractivity contribution in [3.05, 3.63) is 35.4 Å². The molecule has 0 aliphatic carbocycles. The molecule has 0 radical (unpaired) electrons. The molecule has 1 aromatic rings. The summed E-state index contributed by atoms with van der Waals surface area (Å²) in [6, 6.07) is 3.03. The number of halogens is 2. The van der Waals surface area contributed by atoms with Gasteiger partial charge >= 0.3 is 5.97 Å². The van der Waals surface area contributed by atoms with Crippen LogP contribution in [0.5, 0.6) is 0 Å². The van der Waals surface area contributed by atoms with Gasteiger partial charge < -0.3 is 9.84 Å². The van der Waals surface area contributed by atoms with Crippen LogP contribution in [0.1, 0.15) is 32.4 Å². The molecule has 18 heavy (non-hydrogen) atoms.